The number of nitrogens with zero attached hydrogens (tertiary/aromatic N) is 1. The predicted molar refractivity (Wildman–Crippen MR) is 61.8 cm³/mol. The van der Waals surface area contributed by atoms with Crippen molar-refractivity contribution in [2.75, 3.05) is 23.9 Å². The zero-order valence-corrected chi connectivity index (χ0v) is 9.84. The van der Waals surface area contributed by atoms with E-state index in [1.165, 1.54) is 6.26 Å². The van der Waals surface area contributed by atoms with E-state index in [1.54, 1.807) is 0 Å². The lowest BCUT2D eigenvalue weighted by atomic mass is 10.3. The highest BCUT2D eigenvalue weighted by molar-refractivity contribution is 7.90. The molecule has 4 nitrogen and oxygen atoms in total. The Morgan fingerprint density at radius 3 is 2.73 bits per heavy atom. The molecule has 0 saturated carbocycles. The van der Waals surface area contributed by atoms with Gasteiger partial charge in [-0.2, -0.15) is 0 Å². The molecule has 0 radical (unpaired) electrons. The second-order valence-corrected chi connectivity index (χ2v) is 5.83. The van der Waals surface area contributed by atoms with Crippen molar-refractivity contribution in [1.82, 2.24) is 4.98 Å². The molecule has 15 heavy (non-hydrogen) atoms. The topological polar surface area (TPSA) is 59.1 Å². The van der Waals surface area contributed by atoms with Crippen molar-refractivity contribution in [3.05, 3.63) is 23.9 Å². The maximum Gasteiger partial charge on any atom is 0.147 e. The number of sulfone groups is 1. The molecule has 0 saturated heterocycles. The van der Waals surface area contributed by atoms with Gasteiger partial charge in [0.1, 0.15) is 15.7 Å². The second kappa shape index (κ2) is 5.11. The van der Waals surface area contributed by atoms with Gasteiger partial charge < -0.3 is 5.32 Å². The summed E-state index contributed by atoms with van der Waals surface area (Å²) in [6, 6.07) is 5.70. The molecule has 0 aliphatic rings. The van der Waals surface area contributed by atoms with Crippen LogP contribution in [0.4, 0.5) is 5.82 Å². The summed E-state index contributed by atoms with van der Waals surface area (Å²) in [4.78, 5) is 4.25. The van der Waals surface area contributed by atoms with Gasteiger partial charge in [0.05, 0.1) is 5.75 Å². The highest BCUT2D eigenvalue weighted by Gasteiger charge is 2.01. The van der Waals surface area contributed by atoms with Gasteiger partial charge in [0.15, 0.2) is 0 Å². The van der Waals surface area contributed by atoms with Crippen LogP contribution in [0.15, 0.2) is 18.2 Å². The van der Waals surface area contributed by atoms with Crippen LogP contribution in [0.2, 0.25) is 0 Å². The van der Waals surface area contributed by atoms with Gasteiger partial charge in [-0.15, -0.1) is 0 Å². The zero-order valence-electron chi connectivity index (χ0n) is 9.03. The van der Waals surface area contributed by atoms with Gasteiger partial charge in [-0.25, -0.2) is 13.4 Å². The third kappa shape index (κ3) is 5.37. The first-order valence-corrected chi connectivity index (χ1v) is 6.89. The molecular weight excluding hydrogens is 212 g/mol. The summed E-state index contributed by atoms with van der Waals surface area (Å²) in [5, 5.41) is 3.08. The quantitative estimate of drug-likeness (QED) is 0.770. The number of rotatable bonds is 5. The Hall–Kier alpha value is -1.10. The third-order valence-electron chi connectivity index (χ3n) is 1.89. The van der Waals surface area contributed by atoms with E-state index in [4.69, 9.17) is 0 Å². The van der Waals surface area contributed by atoms with E-state index in [9.17, 15) is 8.42 Å². The van der Waals surface area contributed by atoms with Crippen molar-refractivity contribution >= 4 is 15.7 Å². The third-order valence-corrected chi connectivity index (χ3v) is 2.92. The van der Waals surface area contributed by atoms with Gasteiger partial charge in [-0.05, 0) is 25.5 Å². The zero-order chi connectivity index (χ0) is 11.3. The monoisotopic (exact) mass is 228 g/mol. The molecular formula is C10H16N2O2S. The van der Waals surface area contributed by atoms with E-state index in [1.807, 2.05) is 25.1 Å². The summed E-state index contributed by atoms with van der Waals surface area (Å²) in [7, 11) is -2.85. The van der Waals surface area contributed by atoms with Gasteiger partial charge >= 0.3 is 0 Å². The van der Waals surface area contributed by atoms with E-state index in [2.05, 4.69) is 10.3 Å². The largest absolute Gasteiger partial charge is 0.370 e. The first-order valence-electron chi connectivity index (χ1n) is 4.83. The minimum absolute atomic E-state index is 0.214. The van der Waals surface area contributed by atoms with Crippen molar-refractivity contribution in [2.45, 2.75) is 13.3 Å². The predicted octanol–water partition coefficient (Wildman–Crippen LogP) is 1.24. The van der Waals surface area contributed by atoms with Crippen molar-refractivity contribution in [1.29, 1.82) is 0 Å². The molecule has 1 N–H and O–H groups in total. The lowest BCUT2D eigenvalue weighted by Crippen LogP contribution is -2.10. The maximum absolute atomic E-state index is 10.9. The summed E-state index contributed by atoms with van der Waals surface area (Å²) in [6.07, 6.45) is 1.85. The van der Waals surface area contributed by atoms with Crippen LogP contribution in [-0.2, 0) is 9.84 Å². The fourth-order valence-electron chi connectivity index (χ4n) is 1.19. The molecule has 0 fully saturated rings. The van der Waals surface area contributed by atoms with E-state index in [-0.39, 0.29) is 5.75 Å². The summed E-state index contributed by atoms with van der Waals surface area (Å²) < 4.78 is 21.7. The second-order valence-electron chi connectivity index (χ2n) is 3.57. The standard InChI is InChI=1S/C10H16N2O2S/c1-9-5-3-6-10(12-9)11-7-4-8-15(2,13)14/h3,5-6H,4,7-8H2,1-2H3,(H,11,12). The molecule has 1 rings (SSSR count). The average molecular weight is 228 g/mol. The van der Waals surface area contributed by atoms with Crippen molar-refractivity contribution in [2.24, 2.45) is 0 Å². The van der Waals surface area contributed by atoms with E-state index in [0.29, 0.717) is 13.0 Å². The first-order chi connectivity index (χ1) is 6.97. The van der Waals surface area contributed by atoms with Crippen LogP contribution in [0.3, 0.4) is 0 Å². The Labute approximate surface area is 90.7 Å². The number of pyridine rings is 1. The highest BCUT2D eigenvalue weighted by atomic mass is 32.2. The number of aryl methyl sites for hydroxylation is 1. The number of hydrogen-bond donors (Lipinski definition) is 1. The Morgan fingerprint density at radius 2 is 2.13 bits per heavy atom. The maximum atomic E-state index is 10.9. The van der Waals surface area contributed by atoms with Crippen LogP contribution < -0.4 is 5.32 Å². The summed E-state index contributed by atoms with van der Waals surface area (Å²) in [5.41, 5.74) is 0.947. The molecule has 0 amide bonds. The SMILES string of the molecule is Cc1cccc(NCCCS(C)(=O)=O)n1. The van der Waals surface area contributed by atoms with Crippen molar-refractivity contribution in [3.63, 3.8) is 0 Å². The molecule has 0 unspecified atom stereocenters. The van der Waals surface area contributed by atoms with Crippen LogP contribution in [0, 0.1) is 6.92 Å². The van der Waals surface area contributed by atoms with E-state index in [0.717, 1.165) is 11.5 Å². The Bertz CT molecular complexity index is 415. The van der Waals surface area contributed by atoms with E-state index >= 15 is 0 Å². The molecule has 0 aliphatic carbocycles. The van der Waals surface area contributed by atoms with Crippen LogP contribution >= 0.6 is 0 Å². The van der Waals surface area contributed by atoms with Crippen molar-refractivity contribution in [3.8, 4) is 0 Å². The van der Waals surface area contributed by atoms with Gasteiger partial charge in [0.25, 0.3) is 0 Å². The minimum Gasteiger partial charge on any atom is -0.370 e. The smallest absolute Gasteiger partial charge is 0.147 e. The molecule has 0 aromatic carbocycles. The van der Waals surface area contributed by atoms with Crippen LogP contribution in [0.5, 0.6) is 0 Å². The molecule has 1 heterocycles. The summed E-state index contributed by atoms with van der Waals surface area (Å²) in [5.74, 6) is 1.01. The molecule has 84 valence electrons. The van der Waals surface area contributed by atoms with Gasteiger partial charge in [0, 0.05) is 18.5 Å². The fraction of sp³-hybridized carbons (Fsp3) is 0.500. The lowest BCUT2D eigenvalue weighted by molar-refractivity contribution is 0.600. The number of anilines is 1. The van der Waals surface area contributed by atoms with Gasteiger partial charge in [0.2, 0.25) is 0 Å². The highest BCUT2D eigenvalue weighted by Crippen LogP contribution is 2.03. The molecule has 0 spiro atoms. The molecule has 0 aliphatic heterocycles. The molecule has 0 atom stereocenters. The van der Waals surface area contributed by atoms with Crippen molar-refractivity contribution < 1.29 is 8.42 Å². The van der Waals surface area contributed by atoms with Crippen LogP contribution in [0.25, 0.3) is 0 Å². The van der Waals surface area contributed by atoms with Gasteiger partial charge in [-0.3, -0.25) is 0 Å². The number of aromatic nitrogens is 1. The Morgan fingerprint density at radius 1 is 1.40 bits per heavy atom. The minimum atomic E-state index is -2.85. The van der Waals surface area contributed by atoms with E-state index < -0.39 is 9.84 Å². The summed E-state index contributed by atoms with van der Waals surface area (Å²) >= 11 is 0. The fourth-order valence-corrected chi connectivity index (χ4v) is 1.86. The molecule has 1 aromatic heterocycles. The summed E-state index contributed by atoms with van der Waals surface area (Å²) in [6.45, 7) is 2.55. The Kier molecular flexibility index (Phi) is 4.08. The van der Waals surface area contributed by atoms with Crippen LogP contribution in [0.1, 0.15) is 12.1 Å². The average Bonchev–Trinajstić information content (AvgIpc) is 2.11. The molecule has 5 heteroatoms. The van der Waals surface area contributed by atoms with Crippen LogP contribution in [-0.4, -0.2) is 32.0 Å². The Balaban J connectivity index is 2.32. The lowest BCUT2D eigenvalue weighted by Gasteiger charge is -2.05. The number of nitrogens with one attached hydrogen (secondary N) is 1. The number of hydrogen-bond acceptors (Lipinski definition) is 4. The molecule has 0 bridgehead atoms. The first kappa shape index (κ1) is 12.0. The normalized spacial score (nSPS) is 11.3. The van der Waals surface area contributed by atoms with Gasteiger partial charge in [-0.1, -0.05) is 6.07 Å². The molecule has 1 aromatic rings.